The van der Waals surface area contributed by atoms with E-state index >= 15 is 0 Å². The molecular weight excluding hydrogens is 367 g/mol. The van der Waals surface area contributed by atoms with Crippen LogP contribution >= 0.6 is 28.1 Å². The lowest BCUT2D eigenvalue weighted by Gasteiger charge is -2.27. The molecule has 1 radical (unpaired) electrons. The Morgan fingerprint density at radius 2 is 2.18 bits per heavy atom. The molecule has 3 nitrogen and oxygen atoms in total. The lowest BCUT2D eigenvalue weighted by molar-refractivity contribution is -0.124. The second-order valence-electron chi connectivity index (χ2n) is 5.03. The highest BCUT2D eigenvalue weighted by Crippen LogP contribution is 2.30. The average molecular weight is 378 g/mol. The molecule has 1 aliphatic rings. The fraction of sp³-hybridized carbons (Fsp3) is 0.125. The van der Waals surface area contributed by atoms with Crippen molar-refractivity contribution in [3.63, 3.8) is 0 Å². The summed E-state index contributed by atoms with van der Waals surface area (Å²) in [5, 5.41) is 5.98. The molecule has 6 heteroatoms. The van der Waals surface area contributed by atoms with Crippen LogP contribution in [0.25, 0.3) is 0 Å². The topological polar surface area (TPSA) is 41.1 Å². The molecule has 3 rings (SSSR count). The number of carbonyl (C=O) groups is 1. The second kappa shape index (κ2) is 5.78. The van der Waals surface area contributed by atoms with Crippen molar-refractivity contribution in [2.24, 2.45) is 0 Å². The SMILES string of the molecule is O=C1NC(=S)NC1(Cc1ccc(F)c(Br)c1)c1c[c]ccc1. The van der Waals surface area contributed by atoms with Crippen LogP contribution in [0.1, 0.15) is 11.1 Å². The van der Waals surface area contributed by atoms with E-state index in [1.165, 1.54) is 6.07 Å². The van der Waals surface area contributed by atoms with Crippen molar-refractivity contribution in [3.8, 4) is 0 Å². The van der Waals surface area contributed by atoms with Gasteiger partial charge in [0.15, 0.2) is 5.11 Å². The molecule has 0 bridgehead atoms. The van der Waals surface area contributed by atoms with Gasteiger partial charge in [0.2, 0.25) is 0 Å². The smallest absolute Gasteiger partial charge is 0.256 e. The average Bonchev–Trinajstić information content (AvgIpc) is 2.79. The fourth-order valence-corrected chi connectivity index (χ4v) is 3.23. The fourth-order valence-electron chi connectivity index (χ4n) is 2.54. The molecule has 1 aliphatic heterocycles. The highest BCUT2D eigenvalue weighted by atomic mass is 79.9. The first-order valence-electron chi connectivity index (χ1n) is 6.55. The first-order chi connectivity index (χ1) is 10.5. The third kappa shape index (κ3) is 2.64. The predicted molar refractivity (Wildman–Crippen MR) is 88.6 cm³/mol. The van der Waals surface area contributed by atoms with Gasteiger partial charge in [-0.25, -0.2) is 4.39 Å². The highest BCUT2D eigenvalue weighted by molar-refractivity contribution is 9.10. The molecule has 2 N–H and O–H groups in total. The number of nitrogens with one attached hydrogen (secondary N) is 2. The van der Waals surface area contributed by atoms with Gasteiger partial charge in [-0.2, -0.15) is 0 Å². The number of benzene rings is 2. The largest absolute Gasteiger partial charge is 0.344 e. The van der Waals surface area contributed by atoms with Gasteiger partial charge in [-0.05, 0) is 63.5 Å². The van der Waals surface area contributed by atoms with E-state index in [-0.39, 0.29) is 16.8 Å². The first-order valence-corrected chi connectivity index (χ1v) is 7.75. The summed E-state index contributed by atoms with van der Waals surface area (Å²) in [6.45, 7) is 0. The van der Waals surface area contributed by atoms with Crippen LogP contribution in [0.15, 0.2) is 46.9 Å². The van der Waals surface area contributed by atoms with Crippen LogP contribution in [-0.2, 0) is 16.8 Å². The van der Waals surface area contributed by atoms with Crippen LogP contribution in [0, 0.1) is 11.9 Å². The van der Waals surface area contributed by atoms with Gasteiger partial charge in [0.1, 0.15) is 11.4 Å². The lowest BCUT2D eigenvalue weighted by atomic mass is 9.84. The zero-order valence-electron chi connectivity index (χ0n) is 11.3. The Morgan fingerprint density at radius 3 is 2.77 bits per heavy atom. The Bertz CT molecular complexity index is 753. The van der Waals surface area contributed by atoms with Crippen molar-refractivity contribution >= 4 is 39.2 Å². The normalized spacial score (nSPS) is 20.6. The second-order valence-corrected chi connectivity index (χ2v) is 6.29. The van der Waals surface area contributed by atoms with E-state index < -0.39 is 5.54 Å². The maximum atomic E-state index is 13.4. The molecule has 1 unspecified atom stereocenters. The summed E-state index contributed by atoms with van der Waals surface area (Å²) in [6.07, 6.45) is 0.343. The van der Waals surface area contributed by atoms with Crippen molar-refractivity contribution in [1.29, 1.82) is 0 Å². The Labute approximate surface area is 141 Å². The van der Waals surface area contributed by atoms with E-state index in [9.17, 15) is 9.18 Å². The van der Waals surface area contributed by atoms with Gasteiger partial charge in [-0.1, -0.05) is 24.3 Å². The number of halogens is 2. The molecule has 1 atom stereocenters. The summed E-state index contributed by atoms with van der Waals surface area (Å²) in [7, 11) is 0. The van der Waals surface area contributed by atoms with E-state index in [4.69, 9.17) is 12.2 Å². The summed E-state index contributed by atoms with van der Waals surface area (Å²) < 4.78 is 13.8. The standard InChI is InChI=1S/C16H11BrFN2OS/c17-12-8-10(6-7-13(12)18)9-16(11-4-2-1-3-5-11)14(21)19-15(22)20-16/h1-2,4-8H,9H2,(H2,19,20,21,22). The molecule has 0 aromatic heterocycles. The molecule has 1 amide bonds. The summed E-state index contributed by atoms with van der Waals surface area (Å²) in [6, 6.07) is 14.8. The summed E-state index contributed by atoms with van der Waals surface area (Å²) >= 11 is 8.25. The number of amides is 1. The van der Waals surface area contributed by atoms with E-state index in [0.29, 0.717) is 10.9 Å². The molecule has 2 aromatic carbocycles. The van der Waals surface area contributed by atoms with Crippen molar-refractivity contribution in [2.75, 3.05) is 0 Å². The molecule has 1 saturated heterocycles. The molecule has 0 aliphatic carbocycles. The third-order valence-corrected chi connectivity index (χ3v) is 4.41. The number of thiocarbonyl (C=S) groups is 1. The van der Waals surface area contributed by atoms with E-state index in [0.717, 1.165) is 11.1 Å². The van der Waals surface area contributed by atoms with Crippen LogP contribution in [0.3, 0.4) is 0 Å². The predicted octanol–water partition coefficient (Wildman–Crippen LogP) is 2.83. The summed E-state index contributed by atoms with van der Waals surface area (Å²) in [5.41, 5.74) is 0.559. The monoisotopic (exact) mass is 377 g/mol. The first kappa shape index (κ1) is 15.1. The maximum absolute atomic E-state index is 13.4. The van der Waals surface area contributed by atoms with Crippen LogP contribution < -0.4 is 10.6 Å². The van der Waals surface area contributed by atoms with Gasteiger partial charge in [-0.15, -0.1) is 0 Å². The zero-order chi connectivity index (χ0) is 15.7. The highest BCUT2D eigenvalue weighted by Gasteiger charge is 2.46. The van der Waals surface area contributed by atoms with E-state index in [1.54, 1.807) is 24.3 Å². The van der Waals surface area contributed by atoms with Crippen molar-refractivity contribution < 1.29 is 9.18 Å². The number of hydrogen-bond acceptors (Lipinski definition) is 2. The minimum absolute atomic E-state index is 0.224. The van der Waals surface area contributed by atoms with Gasteiger partial charge in [-0.3, -0.25) is 4.79 Å². The Kier molecular flexibility index (Phi) is 3.97. The van der Waals surface area contributed by atoms with Crippen molar-refractivity contribution in [1.82, 2.24) is 10.6 Å². The molecular formula is C16H11BrFN2OS. The van der Waals surface area contributed by atoms with Gasteiger partial charge >= 0.3 is 0 Å². The van der Waals surface area contributed by atoms with Crippen LogP contribution in [0.2, 0.25) is 0 Å². The van der Waals surface area contributed by atoms with E-state index in [2.05, 4.69) is 32.6 Å². The summed E-state index contributed by atoms with van der Waals surface area (Å²) in [4.78, 5) is 12.5. The molecule has 1 heterocycles. The minimum Gasteiger partial charge on any atom is -0.344 e. The Balaban J connectivity index is 2.05. The van der Waals surface area contributed by atoms with Gasteiger partial charge in [0.05, 0.1) is 4.47 Å². The molecule has 111 valence electrons. The quantitative estimate of drug-likeness (QED) is 0.808. The minimum atomic E-state index is -1.01. The van der Waals surface area contributed by atoms with Crippen molar-refractivity contribution in [2.45, 2.75) is 12.0 Å². The van der Waals surface area contributed by atoms with Gasteiger partial charge < -0.3 is 10.6 Å². The van der Waals surface area contributed by atoms with Crippen LogP contribution in [-0.4, -0.2) is 11.0 Å². The molecule has 1 fully saturated rings. The maximum Gasteiger partial charge on any atom is 0.256 e. The number of rotatable bonds is 3. The summed E-state index contributed by atoms with van der Waals surface area (Å²) in [5.74, 6) is -0.567. The number of hydrogen-bond donors (Lipinski definition) is 2. The van der Waals surface area contributed by atoms with Crippen LogP contribution in [0.4, 0.5) is 4.39 Å². The molecule has 2 aromatic rings. The molecule has 0 spiro atoms. The van der Waals surface area contributed by atoms with Crippen molar-refractivity contribution in [3.05, 3.63) is 69.9 Å². The molecule has 0 saturated carbocycles. The third-order valence-electron chi connectivity index (χ3n) is 3.59. The number of carbonyl (C=O) groups excluding carboxylic acids is 1. The van der Waals surface area contributed by atoms with Crippen LogP contribution in [0.5, 0.6) is 0 Å². The van der Waals surface area contributed by atoms with Gasteiger partial charge in [0.25, 0.3) is 5.91 Å². The molecule has 22 heavy (non-hydrogen) atoms. The van der Waals surface area contributed by atoms with Gasteiger partial charge in [0, 0.05) is 6.42 Å². The lowest BCUT2D eigenvalue weighted by Crippen LogP contribution is -2.45. The van der Waals surface area contributed by atoms with E-state index in [1.807, 2.05) is 12.1 Å². The Hall–Kier alpha value is -1.79. The Morgan fingerprint density at radius 1 is 1.36 bits per heavy atom. The zero-order valence-corrected chi connectivity index (χ0v) is 13.7.